The van der Waals surface area contributed by atoms with Gasteiger partial charge in [-0.1, -0.05) is 12.1 Å². The predicted octanol–water partition coefficient (Wildman–Crippen LogP) is 2.51. The minimum Gasteiger partial charge on any atom is -0.371 e. The van der Waals surface area contributed by atoms with Crippen LogP contribution in [0.4, 0.5) is 4.39 Å². The second-order valence-corrected chi connectivity index (χ2v) is 4.62. The third-order valence-electron chi connectivity index (χ3n) is 2.44. The summed E-state index contributed by atoms with van der Waals surface area (Å²) >= 11 is 0. The summed E-state index contributed by atoms with van der Waals surface area (Å²) in [7, 11) is 0. The molecule has 2 N–H and O–H groups in total. The van der Waals surface area contributed by atoms with Gasteiger partial charge >= 0.3 is 0 Å². The highest BCUT2D eigenvalue weighted by molar-refractivity contribution is 5.18. The molecule has 0 heterocycles. The molecule has 1 atom stereocenters. The zero-order valence-corrected chi connectivity index (χ0v) is 10.2. The van der Waals surface area contributed by atoms with E-state index in [2.05, 4.69) is 0 Å². The van der Waals surface area contributed by atoms with Crippen LogP contribution in [0.2, 0.25) is 0 Å². The molecule has 90 valence electrons. The summed E-state index contributed by atoms with van der Waals surface area (Å²) in [6.45, 7) is 6.40. The molecule has 0 amide bonds. The lowest BCUT2D eigenvalue weighted by molar-refractivity contribution is -0.0611. The van der Waals surface area contributed by atoms with Crippen molar-refractivity contribution >= 4 is 0 Å². The molecule has 0 aliphatic heterocycles. The maximum atomic E-state index is 12.8. The van der Waals surface area contributed by atoms with Crippen LogP contribution < -0.4 is 5.73 Å². The average molecular weight is 225 g/mol. The van der Waals surface area contributed by atoms with E-state index in [1.54, 1.807) is 12.1 Å². The lowest BCUT2D eigenvalue weighted by atomic mass is 9.96. The molecule has 0 saturated carbocycles. The van der Waals surface area contributed by atoms with Crippen molar-refractivity contribution in [1.82, 2.24) is 0 Å². The molecule has 3 heteroatoms. The van der Waals surface area contributed by atoms with Gasteiger partial charge in [0.2, 0.25) is 0 Å². The summed E-state index contributed by atoms with van der Waals surface area (Å²) in [5, 5.41) is 0. The Morgan fingerprint density at radius 1 is 1.31 bits per heavy atom. The first-order chi connectivity index (χ1) is 7.45. The molecule has 1 rings (SSSR count). The Morgan fingerprint density at radius 2 is 1.88 bits per heavy atom. The third-order valence-corrected chi connectivity index (χ3v) is 2.44. The quantitative estimate of drug-likeness (QED) is 0.835. The standard InChI is InChI=1S/C13H20FNO/c1-10(2)16-13(3,9-15)8-11-4-6-12(14)7-5-11/h4-7,10H,8-9,15H2,1-3H3. The van der Waals surface area contributed by atoms with E-state index >= 15 is 0 Å². The molecule has 0 aromatic heterocycles. The van der Waals surface area contributed by atoms with Crippen molar-refractivity contribution in [2.45, 2.75) is 38.9 Å². The highest BCUT2D eigenvalue weighted by Gasteiger charge is 2.25. The topological polar surface area (TPSA) is 35.2 Å². The van der Waals surface area contributed by atoms with Crippen LogP contribution in [0.3, 0.4) is 0 Å². The average Bonchev–Trinajstić information content (AvgIpc) is 2.20. The Balaban J connectivity index is 2.72. The summed E-state index contributed by atoms with van der Waals surface area (Å²) in [4.78, 5) is 0. The number of halogens is 1. The number of nitrogens with two attached hydrogens (primary N) is 1. The highest BCUT2D eigenvalue weighted by Crippen LogP contribution is 2.18. The zero-order valence-electron chi connectivity index (χ0n) is 10.2. The van der Waals surface area contributed by atoms with Crippen LogP contribution in [0.1, 0.15) is 26.3 Å². The van der Waals surface area contributed by atoms with Gasteiger partial charge in [-0.3, -0.25) is 0 Å². The van der Waals surface area contributed by atoms with Gasteiger partial charge in [-0.25, -0.2) is 4.39 Å². The first-order valence-electron chi connectivity index (χ1n) is 5.57. The second-order valence-electron chi connectivity index (χ2n) is 4.62. The third kappa shape index (κ3) is 3.91. The summed E-state index contributed by atoms with van der Waals surface area (Å²) in [5.41, 5.74) is 6.39. The van der Waals surface area contributed by atoms with Gasteiger partial charge in [-0.15, -0.1) is 0 Å². The first-order valence-corrected chi connectivity index (χ1v) is 5.57. The molecule has 1 aromatic rings. The monoisotopic (exact) mass is 225 g/mol. The first kappa shape index (κ1) is 13.1. The summed E-state index contributed by atoms with van der Waals surface area (Å²) in [6.07, 6.45) is 0.830. The normalized spacial score (nSPS) is 15.1. The van der Waals surface area contributed by atoms with Crippen molar-refractivity contribution in [2.75, 3.05) is 6.54 Å². The van der Waals surface area contributed by atoms with Crippen LogP contribution in [0.25, 0.3) is 0 Å². The van der Waals surface area contributed by atoms with Crippen LogP contribution in [0.15, 0.2) is 24.3 Å². The van der Waals surface area contributed by atoms with Crippen molar-refractivity contribution in [3.8, 4) is 0 Å². The number of ether oxygens (including phenoxy) is 1. The summed E-state index contributed by atoms with van der Waals surface area (Å²) < 4.78 is 18.6. The fourth-order valence-corrected chi connectivity index (χ4v) is 1.77. The fourth-order valence-electron chi connectivity index (χ4n) is 1.77. The minimum absolute atomic E-state index is 0.133. The molecular weight excluding hydrogens is 205 g/mol. The van der Waals surface area contributed by atoms with Gasteiger partial charge in [0.1, 0.15) is 5.82 Å². The second kappa shape index (κ2) is 5.41. The smallest absolute Gasteiger partial charge is 0.123 e. The highest BCUT2D eigenvalue weighted by atomic mass is 19.1. The zero-order chi connectivity index (χ0) is 12.2. The lowest BCUT2D eigenvalue weighted by Crippen LogP contribution is -2.41. The van der Waals surface area contributed by atoms with Crippen molar-refractivity contribution in [2.24, 2.45) is 5.73 Å². The minimum atomic E-state index is -0.383. The van der Waals surface area contributed by atoms with Crippen LogP contribution >= 0.6 is 0 Å². The molecule has 0 bridgehead atoms. The summed E-state index contributed by atoms with van der Waals surface area (Å²) in [5.74, 6) is -0.219. The van der Waals surface area contributed by atoms with E-state index in [-0.39, 0.29) is 17.5 Å². The molecule has 0 saturated heterocycles. The van der Waals surface area contributed by atoms with Gasteiger partial charge in [0.15, 0.2) is 0 Å². The van der Waals surface area contributed by atoms with E-state index in [4.69, 9.17) is 10.5 Å². The number of hydrogen-bond donors (Lipinski definition) is 1. The van der Waals surface area contributed by atoms with Crippen LogP contribution in [0.5, 0.6) is 0 Å². The Bertz CT molecular complexity index is 323. The summed E-state index contributed by atoms with van der Waals surface area (Å²) in [6, 6.07) is 6.46. The predicted molar refractivity (Wildman–Crippen MR) is 63.8 cm³/mol. The Morgan fingerprint density at radius 3 is 2.31 bits per heavy atom. The molecule has 1 aromatic carbocycles. The molecule has 0 aliphatic rings. The van der Waals surface area contributed by atoms with Gasteiger partial charge in [0.25, 0.3) is 0 Å². The SMILES string of the molecule is CC(C)OC(C)(CN)Cc1ccc(F)cc1. The van der Waals surface area contributed by atoms with Gasteiger partial charge in [-0.2, -0.15) is 0 Å². The fraction of sp³-hybridized carbons (Fsp3) is 0.538. The number of hydrogen-bond acceptors (Lipinski definition) is 2. The maximum Gasteiger partial charge on any atom is 0.123 e. The molecule has 16 heavy (non-hydrogen) atoms. The van der Waals surface area contributed by atoms with E-state index in [9.17, 15) is 4.39 Å². The molecule has 0 spiro atoms. The van der Waals surface area contributed by atoms with Crippen LogP contribution in [0, 0.1) is 5.82 Å². The Kier molecular flexibility index (Phi) is 4.44. The molecule has 0 aliphatic carbocycles. The van der Waals surface area contributed by atoms with Gasteiger partial charge in [0, 0.05) is 13.0 Å². The van der Waals surface area contributed by atoms with E-state index in [0.717, 1.165) is 5.56 Å². The van der Waals surface area contributed by atoms with Gasteiger partial charge < -0.3 is 10.5 Å². The van der Waals surface area contributed by atoms with Crippen molar-refractivity contribution < 1.29 is 9.13 Å². The molecule has 0 fully saturated rings. The van der Waals surface area contributed by atoms with E-state index < -0.39 is 0 Å². The van der Waals surface area contributed by atoms with E-state index in [1.165, 1.54) is 12.1 Å². The molecule has 2 nitrogen and oxygen atoms in total. The largest absolute Gasteiger partial charge is 0.371 e. The molecular formula is C13H20FNO. The Labute approximate surface area is 96.6 Å². The number of benzene rings is 1. The molecule has 0 radical (unpaired) electrons. The Hall–Kier alpha value is -0.930. The van der Waals surface area contributed by atoms with Crippen LogP contribution in [-0.4, -0.2) is 18.2 Å². The maximum absolute atomic E-state index is 12.8. The van der Waals surface area contributed by atoms with Gasteiger partial charge in [0.05, 0.1) is 11.7 Å². The van der Waals surface area contributed by atoms with E-state index in [1.807, 2.05) is 20.8 Å². The van der Waals surface area contributed by atoms with Crippen LogP contribution in [-0.2, 0) is 11.2 Å². The lowest BCUT2D eigenvalue weighted by Gasteiger charge is -2.30. The molecule has 1 unspecified atom stereocenters. The van der Waals surface area contributed by atoms with Crippen molar-refractivity contribution in [3.05, 3.63) is 35.6 Å². The van der Waals surface area contributed by atoms with Gasteiger partial charge in [-0.05, 0) is 38.5 Å². The number of rotatable bonds is 5. The van der Waals surface area contributed by atoms with Crippen molar-refractivity contribution in [1.29, 1.82) is 0 Å². The van der Waals surface area contributed by atoms with E-state index in [0.29, 0.717) is 13.0 Å². The van der Waals surface area contributed by atoms with Crippen molar-refractivity contribution in [3.63, 3.8) is 0 Å².